The minimum absolute atomic E-state index is 0.542. The average Bonchev–Trinajstić information content (AvgIpc) is 2.89. The Morgan fingerprint density at radius 1 is 1.08 bits per heavy atom. The van der Waals surface area contributed by atoms with Crippen LogP contribution >= 0.6 is 34.5 Å². The first-order chi connectivity index (χ1) is 11.5. The lowest BCUT2D eigenvalue weighted by Gasteiger charge is -2.08. The van der Waals surface area contributed by atoms with E-state index >= 15 is 0 Å². The molecule has 0 atom stereocenters. The zero-order chi connectivity index (χ0) is 16.8. The van der Waals surface area contributed by atoms with Crippen molar-refractivity contribution in [2.24, 2.45) is 0 Å². The number of fused-ring (bicyclic) bond motifs is 3. The van der Waals surface area contributed by atoms with E-state index in [2.05, 4.69) is 33.3 Å². The maximum atomic E-state index is 6.26. The Morgan fingerprint density at radius 3 is 2.71 bits per heavy atom. The van der Waals surface area contributed by atoms with Crippen molar-refractivity contribution in [3.63, 3.8) is 0 Å². The van der Waals surface area contributed by atoms with Crippen LogP contribution in [0.25, 0.3) is 20.4 Å². The quantitative estimate of drug-likeness (QED) is 0.473. The van der Waals surface area contributed by atoms with Gasteiger partial charge in [-0.05, 0) is 43.7 Å². The van der Waals surface area contributed by atoms with Gasteiger partial charge in [-0.1, -0.05) is 23.2 Å². The van der Waals surface area contributed by atoms with Crippen molar-refractivity contribution in [2.45, 2.75) is 13.8 Å². The second kappa shape index (κ2) is 5.84. The van der Waals surface area contributed by atoms with Gasteiger partial charge in [0.1, 0.15) is 11.2 Å². The van der Waals surface area contributed by atoms with Crippen LogP contribution in [0.2, 0.25) is 10.0 Å². The summed E-state index contributed by atoms with van der Waals surface area (Å²) in [7, 11) is 0. The Bertz CT molecular complexity index is 1090. The van der Waals surface area contributed by atoms with E-state index in [0.717, 1.165) is 37.4 Å². The molecule has 0 saturated carbocycles. The standard InChI is InChI=1S/C17H12Cl2N4S/c1-8-5-9(2)22-17-13(8)14-15(24-17)16(21-7-20-14)23-12-4-3-10(18)6-11(12)19/h3-7H,1-2H3,(H,20,21,23). The van der Waals surface area contributed by atoms with Crippen LogP contribution in [0.3, 0.4) is 0 Å². The molecule has 1 aromatic carbocycles. The number of nitrogens with one attached hydrogen (secondary N) is 1. The summed E-state index contributed by atoms with van der Waals surface area (Å²) in [5.41, 5.74) is 3.81. The minimum atomic E-state index is 0.542. The van der Waals surface area contributed by atoms with E-state index in [1.54, 1.807) is 29.8 Å². The third kappa shape index (κ3) is 2.59. The summed E-state index contributed by atoms with van der Waals surface area (Å²) in [6.07, 6.45) is 1.56. The smallest absolute Gasteiger partial charge is 0.151 e. The van der Waals surface area contributed by atoms with Gasteiger partial charge < -0.3 is 5.32 Å². The number of halogens is 2. The first-order valence-corrected chi connectivity index (χ1v) is 8.83. The third-order valence-electron chi connectivity index (χ3n) is 3.74. The zero-order valence-electron chi connectivity index (χ0n) is 12.9. The Morgan fingerprint density at radius 2 is 1.92 bits per heavy atom. The van der Waals surface area contributed by atoms with Crippen molar-refractivity contribution in [2.75, 3.05) is 5.32 Å². The van der Waals surface area contributed by atoms with E-state index in [1.807, 2.05) is 13.0 Å². The second-order valence-electron chi connectivity index (χ2n) is 5.51. The number of thiophene rings is 1. The summed E-state index contributed by atoms with van der Waals surface area (Å²) in [5.74, 6) is 0.712. The predicted octanol–water partition coefficient (Wildman–Crippen LogP) is 5.91. The van der Waals surface area contributed by atoms with Crippen LogP contribution in [0.5, 0.6) is 0 Å². The molecular weight excluding hydrogens is 363 g/mol. The molecule has 0 aliphatic carbocycles. The Hall–Kier alpha value is -1.95. The number of benzene rings is 1. The summed E-state index contributed by atoms with van der Waals surface area (Å²) in [5, 5.41) is 5.49. The van der Waals surface area contributed by atoms with Crippen LogP contribution in [0.15, 0.2) is 30.6 Å². The molecule has 7 heteroatoms. The van der Waals surface area contributed by atoms with Crippen molar-refractivity contribution in [3.05, 3.63) is 51.9 Å². The highest BCUT2D eigenvalue weighted by Crippen LogP contribution is 2.38. The average molecular weight is 375 g/mol. The van der Waals surface area contributed by atoms with Gasteiger partial charge in [-0.2, -0.15) is 0 Å². The van der Waals surface area contributed by atoms with Crippen molar-refractivity contribution in [3.8, 4) is 0 Å². The van der Waals surface area contributed by atoms with Crippen LogP contribution < -0.4 is 5.32 Å². The molecule has 3 aromatic heterocycles. The van der Waals surface area contributed by atoms with E-state index in [1.165, 1.54) is 0 Å². The Kier molecular flexibility index (Phi) is 3.79. The fraction of sp³-hybridized carbons (Fsp3) is 0.118. The molecule has 24 heavy (non-hydrogen) atoms. The molecule has 0 bridgehead atoms. The molecule has 1 N–H and O–H groups in total. The number of anilines is 2. The molecule has 0 saturated heterocycles. The molecule has 4 nitrogen and oxygen atoms in total. The summed E-state index contributed by atoms with van der Waals surface area (Å²) in [6, 6.07) is 7.39. The molecule has 0 aliphatic rings. The van der Waals surface area contributed by atoms with Crippen LogP contribution in [0.4, 0.5) is 11.5 Å². The van der Waals surface area contributed by atoms with E-state index in [-0.39, 0.29) is 0 Å². The van der Waals surface area contributed by atoms with Gasteiger partial charge in [0.25, 0.3) is 0 Å². The minimum Gasteiger partial charge on any atom is -0.338 e. The topological polar surface area (TPSA) is 50.7 Å². The summed E-state index contributed by atoms with van der Waals surface area (Å²) in [4.78, 5) is 14.4. The largest absolute Gasteiger partial charge is 0.338 e. The van der Waals surface area contributed by atoms with Gasteiger partial charge in [-0.15, -0.1) is 11.3 Å². The second-order valence-corrected chi connectivity index (χ2v) is 7.35. The first-order valence-electron chi connectivity index (χ1n) is 7.26. The number of nitrogens with zero attached hydrogens (tertiary/aromatic N) is 3. The number of rotatable bonds is 2. The molecule has 120 valence electrons. The molecule has 0 unspecified atom stereocenters. The highest BCUT2D eigenvalue weighted by atomic mass is 35.5. The molecule has 0 spiro atoms. The molecule has 3 heterocycles. The maximum Gasteiger partial charge on any atom is 0.151 e. The van der Waals surface area contributed by atoms with Gasteiger partial charge in [-0.3, -0.25) is 0 Å². The number of aryl methyl sites for hydroxylation is 2. The van der Waals surface area contributed by atoms with Gasteiger partial charge in [0, 0.05) is 16.1 Å². The van der Waals surface area contributed by atoms with Crippen LogP contribution in [-0.2, 0) is 0 Å². The maximum absolute atomic E-state index is 6.26. The Labute approximate surface area is 152 Å². The summed E-state index contributed by atoms with van der Waals surface area (Å²) in [6.45, 7) is 4.07. The molecule has 4 aromatic rings. The van der Waals surface area contributed by atoms with Gasteiger partial charge in [0.15, 0.2) is 5.82 Å². The van der Waals surface area contributed by atoms with Gasteiger partial charge in [-0.25, -0.2) is 15.0 Å². The van der Waals surface area contributed by atoms with Crippen LogP contribution in [0, 0.1) is 13.8 Å². The first kappa shape index (κ1) is 15.6. The monoisotopic (exact) mass is 374 g/mol. The summed E-state index contributed by atoms with van der Waals surface area (Å²) < 4.78 is 0.958. The number of hydrogen-bond donors (Lipinski definition) is 1. The van der Waals surface area contributed by atoms with Crippen molar-refractivity contribution < 1.29 is 0 Å². The predicted molar refractivity (Wildman–Crippen MR) is 102 cm³/mol. The molecule has 0 radical (unpaired) electrons. The highest BCUT2D eigenvalue weighted by Gasteiger charge is 2.15. The molecule has 0 fully saturated rings. The van der Waals surface area contributed by atoms with Gasteiger partial charge in [0.05, 0.1) is 20.9 Å². The molecule has 0 aliphatic heterocycles. The van der Waals surface area contributed by atoms with Crippen molar-refractivity contribution in [1.29, 1.82) is 0 Å². The number of hydrogen-bond acceptors (Lipinski definition) is 5. The number of aromatic nitrogens is 3. The lowest BCUT2D eigenvalue weighted by atomic mass is 10.1. The van der Waals surface area contributed by atoms with E-state index in [4.69, 9.17) is 23.2 Å². The van der Waals surface area contributed by atoms with E-state index < -0.39 is 0 Å². The highest BCUT2D eigenvalue weighted by molar-refractivity contribution is 7.26. The van der Waals surface area contributed by atoms with Crippen molar-refractivity contribution in [1.82, 2.24) is 15.0 Å². The fourth-order valence-corrected chi connectivity index (χ4v) is 4.37. The summed E-state index contributed by atoms with van der Waals surface area (Å²) >= 11 is 13.8. The molecular formula is C17H12Cl2N4S. The van der Waals surface area contributed by atoms with E-state index in [9.17, 15) is 0 Å². The SMILES string of the molecule is Cc1cc(C)c2c(n1)sc1c(Nc3ccc(Cl)cc3Cl)ncnc12. The van der Waals surface area contributed by atoms with Gasteiger partial charge in [0.2, 0.25) is 0 Å². The lowest BCUT2D eigenvalue weighted by Crippen LogP contribution is -1.95. The zero-order valence-corrected chi connectivity index (χ0v) is 15.2. The van der Waals surface area contributed by atoms with Crippen LogP contribution in [0.1, 0.15) is 11.3 Å². The third-order valence-corrected chi connectivity index (χ3v) is 5.36. The fourth-order valence-electron chi connectivity index (χ4n) is 2.72. The van der Waals surface area contributed by atoms with E-state index in [0.29, 0.717) is 15.9 Å². The molecule has 4 rings (SSSR count). The number of pyridine rings is 1. The molecule has 0 amide bonds. The van der Waals surface area contributed by atoms with Crippen LogP contribution in [-0.4, -0.2) is 15.0 Å². The lowest BCUT2D eigenvalue weighted by molar-refractivity contribution is 1.22. The van der Waals surface area contributed by atoms with Crippen molar-refractivity contribution >= 4 is 66.5 Å². The normalized spacial score (nSPS) is 11.3. The van der Waals surface area contributed by atoms with Gasteiger partial charge >= 0.3 is 0 Å². The Balaban J connectivity index is 1.91.